The Morgan fingerprint density at radius 2 is 0.591 bits per heavy atom. The molecule has 0 bridgehead atoms. The molecular weight excluding hydrogens is 592 g/mol. The molecule has 0 fully saturated rings. The molecule has 0 atom stereocenters. The Balaban J connectivity index is 3.12. The zero-order valence-electron chi connectivity index (χ0n) is 28.4. The van der Waals surface area contributed by atoms with Gasteiger partial charge in [-0.1, -0.05) is 26.8 Å². The lowest BCUT2D eigenvalue weighted by molar-refractivity contribution is -0.0275. The second-order valence-corrected chi connectivity index (χ2v) is 15.9. The SMILES string of the molecule is C=CCOCCOCCOCCOCCOCCOCCOCCOCCOCCOCCOCCO[Si](C)(C)C(C)(C)C. The fraction of sp³-hybridized carbons (Fsp3) is 0.935. The first-order valence-corrected chi connectivity index (χ1v) is 18.8. The number of hydrogen-bond acceptors (Lipinski definition) is 12. The normalized spacial score (nSPS) is 12.3. The van der Waals surface area contributed by atoms with Crippen molar-refractivity contribution in [3.05, 3.63) is 12.7 Å². The van der Waals surface area contributed by atoms with Gasteiger partial charge in [-0.05, 0) is 18.1 Å². The summed E-state index contributed by atoms with van der Waals surface area (Å²) in [4.78, 5) is 0. The van der Waals surface area contributed by atoms with Crippen LogP contribution in [0.15, 0.2) is 12.7 Å². The first-order valence-electron chi connectivity index (χ1n) is 15.9. The van der Waals surface area contributed by atoms with E-state index in [9.17, 15) is 0 Å². The highest BCUT2D eigenvalue weighted by Crippen LogP contribution is 2.36. The van der Waals surface area contributed by atoms with Gasteiger partial charge in [0.2, 0.25) is 0 Å². The highest BCUT2D eigenvalue weighted by molar-refractivity contribution is 6.74. The average Bonchev–Trinajstić information content (AvgIpc) is 2.98. The monoisotopic (exact) mass is 656 g/mol. The maximum absolute atomic E-state index is 6.08. The summed E-state index contributed by atoms with van der Waals surface area (Å²) in [7, 11) is -1.70. The Bertz CT molecular complexity index is 592. The molecule has 0 aromatic rings. The first kappa shape index (κ1) is 43.5. The van der Waals surface area contributed by atoms with Crippen molar-refractivity contribution >= 4 is 8.32 Å². The van der Waals surface area contributed by atoms with Gasteiger partial charge in [-0.25, -0.2) is 0 Å². The molecule has 0 aromatic heterocycles. The lowest BCUT2D eigenvalue weighted by atomic mass is 10.2. The van der Waals surface area contributed by atoms with Crippen molar-refractivity contribution < 1.29 is 56.5 Å². The molecule has 264 valence electrons. The summed E-state index contributed by atoms with van der Waals surface area (Å²) in [5, 5.41) is 0.218. The lowest BCUT2D eigenvalue weighted by Crippen LogP contribution is -2.41. The van der Waals surface area contributed by atoms with Crippen LogP contribution in [0.4, 0.5) is 0 Å². The van der Waals surface area contributed by atoms with E-state index in [-0.39, 0.29) is 5.04 Å². The minimum Gasteiger partial charge on any atom is -0.414 e. The van der Waals surface area contributed by atoms with Gasteiger partial charge in [0.05, 0.1) is 152 Å². The molecule has 0 aliphatic rings. The van der Waals surface area contributed by atoms with Crippen LogP contribution in [0.5, 0.6) is 0 Å². The highest BCUT2D eigenvalue weighted by Gasteiger charge is 2.36. The van der Waals surface area contributed by atoms with Crippen LogP contribution in [-0.2, 0) is 56.5 Å². The van der Waals surface area contributed by atoms with Crippen LogP contribution < -0.4 is 0 Å². The summed E-state index contributed by atoms with van der Waals surface area (Å²) in [6, 6.07) is 0. The lowest BCUT2D eigenvalue weighted by Gasteiger charge is -2.36. The van der Waals surface area contributed by atoms with Gasteiger partial charge in [0.15, 0.2) is 8.32 Å². The third-order valence-corrected chi connectivity index (χ3v) is 11.0. The van der Waals surface area contributed by atoms with Gasteiger partial charge < -0.3 is 56.5 Å². The van der Waals surface area contributed by atoms with Crippen LogP contribution >= 0.6 is 0 Å². The minimum atomic E-state index is -1.70. The van der Waals surface area contributed by atoms with E-state index in [0.29, 0.717) is 152 Å². The van der Waals surface area contributed by atoms with Gasteiger partial charge >= 0.3 is 0 Å². The number of hydrogen-bond donors (Lipinski definition) is 0. The van der Waals surface area contributed by atoms with Gasteiger partial charge in [-0.3, -0.25) is 0 Å². The first-order chi connectivity index (χ1) is 21.3. The molecule has 12 nitrogen and oxygen atoms in total. The average molecular weight is 657 g/mol. The van der Waals surface area contributed by atoms with Crippen molar-refractivity contribution in [2.75, 3.05) is 152 Å². The van der Waals surface area contributed by atoms with E-state index in [0.717, 1.165) is 0 Å². The van der Waals surface area contributed by atoms with Crippen LogP contribution in [0.3, 0.4) is 0 Å². The summed E-state index contributed by atoms with van der Waals surface area (Å²) in [5.74, 6) is 0. The summed E-state index contributed by atoms with van der Waals surface area (Å²) in [6.07, 6.45) is 1.71. The van der Waals surface area contributed by atoms with Crippen LogP contribution in [-0.4, -0.2) is 160 Å². The summed E-state index contributed by atoms with van der Waals surface area (Å²) >= 11 is 0. The molecule has 0 saturated heterocycles. The van der Waals surface area contributed by atoms with Gasteiger partial charge in [0.25, 0.3) is 0 Å². The molecule has 0 aliphatic carbocycles. The molecule has 0 rings (SSSR count). The molecule has 0 radical (unpaired) electrons. The van der Waals surface area contributed by atoms with E-state index in [4.69, 9.17) is 56.5 Å². The van der Waals surface area contributed by atoms with E-state index in [2.05, 4.69) is 40.4 Å². The van der Waals surface area contributed by atoms with E-state index in [1.54, 1.807) is 6.08 Å². The van der Waals surface area contributed by atoms with Gasteiger partial charge in [-0.2, -0.15) is 0 Å². The van der Waals surface area contributed by atoms with Crippen LogP contribution in [0.25, 0.3) is 0 Å². The Hall–Kier alpha value is -0.523. The molecule has 0 heterocycles. The zero-order chi connectivity index (χ0) is 32.5. The summed E-state index contributed by atoms with van der Waals surface area (Å²) < 4.78 is 66.1. The van der Waals surface area contributed by atoms with Crippen molar-refractivity contribution in [3.8, 4) is 0 Å². The molecule has 0 amide bonds. The van der Waals surface area contributed by atoms with Gasteiger partial charge in [-0.15, -0.1) is 6.58 Å². The van der Waals surface area contributed by atoms with Crippen LogP contribution in [0.1, 0.15) is 20.8 Å². The predicted octanol–water partition coefficient (Wildman–Crippen LogP) is 3.38. The molecule has 0 aliphatic heterocycles. The molecular formula is C31H64O12Si. The Morgan fingerprint density at radius 3 is 0.795 bits per heavy atom. The van der Waals surface area contributed by atoms with Gasteiger partial charge in [0.1, 0.15) is 0 Å². The third-order valence-electron chi connectivity index (χ3n) is 6.45. The topological polar surface area (TPSA) is 111 Å². The van der Waals surface area contributed by atoms with E-state index in [1.165, 1.54) is 0 Å². The maximum atomic E-state index is 6.08. The van der Waals surface area contributed by atoms with Crippen molar-refractivity contribution in [2.45, 2.75) is 38.9 Å². The molecule has 13 heteroatoms. The minimum absolute atomic E-state index is 0.218. The fourth-order valence-corrected chi connectivity index (χ4v) is 3.96. The quantitative estimate of drug-likeness (QED) is 0.0560. The Labute approximate surface area is 268 Å². The second kappa shape index (κ2) is 32.4. The van der Waals surface area contributed by atoms with E-state index >= 15 is 0 Å². The number of rotatable bonds is 36. The van der Waals surface area contributed by atoms with Crippen molar-refractivity contribution in [1.82, 2.24) is 0 Å². The summed E-state index contributed by atoms with van der Waals surface area (Å²) in [5.41, 5.74) is 0. The molecule has 0 saturated carbocycles. The van der Waals surface area contributed by atoms with Crippen LogP contribution in [0.2, 0.25) is 18.1 Å². The highest BCUT2D eigenvalue weighted by atomic mass is 28.4. The predicted molar refractivity (Wildman–Crippen MR) is 172 cm³/mol. The standard InChI is InChI=1S/C31H64O12Si/c1-7-8-32-9-10-33-11-12-34-13-14-35-15-16-36-17-18-37-19-20-38-21-22-39-23-24-40-25-26-41-27-28-42-29-30-43-44(5,6)31(2,3)4/h7H,1,8-30H2,2-6H3. The third kappa shape index (κ3) is 31.5. The zero-order valence-corrected chi connectivity index (χ0v) is 29.4. The Morgan fingerprint density at radius 1 is 0.386 bits per heavy atom. The smallest absolute Gasteiger partial charge is 0.192 e. The van der Waals surface area contributed by atoms with Crippen LogP contribution in [0, 0.1) is 0 Å². The molecule has 0 unspecified atom stereocenters. The maximum Gasteiger partial charge on any atom is 0.192 e. The number of ether oxygens (including phenoxy) is 11. The second-order valence-electron chi connectivity index (χ2n) is 11.1. The van der Waals surface area contributed by atoms with Crippen molar-refractivity contribution in [2.24, 2.45) is 0 Å². The Kier molecular flexibility index (Phi) is 32.0. The molecule has 44 heavy (non-hydrogen) atoms. The molecule has 0 spiro atoms. The summed E-state index contributed by atoms with van der Waals surface area (Å²) in [6.45, 7) is 27.1. The molecule has 0 N–H and O–H groups in total. The van der Waals surface area contributed by atoms with Gasteiger partial charge in [0, 0.05) is 0 Å². The van der Waals surface area contributed by atoms with Crippen molar-refractivity contribution in [1.29, 1.82) is 0 Å². The van der Waals surface area contributed by atoms with Crippen molar-refractivity contribution in [3.63, 3.8) is 0 Å². The fourth-order valence-electron chi connectivity index (χ4n) is 2.94. The van der Waals surface area contributed by atoms with E-state index < -0.39 is 8.32 Å². The van der Waals surface area contributed by atoms with E-state index in [1.807, 2.05) is 0 Å². The largest absolute Gasteiger partial charge is 0.414 e. The molecule has 0 aromatic carbocycles.